The molecule has 1 atom stereocenters. The van der Waals surface area contributed by atoms with Crippen LogP contribution in [0.5, 0.6) is 0 Å². The lowest BCUT2D eigenvalue weighted by Crippen LogP contribution is -2.28. The molecule has 1 aromatic heterocycles. The molecule has 1 aromatic carbocycles. The van der Waals surface area contributed by atoms with E-state index in [0.717, 1.165) is 12.0 Å². The number of aryl methyl sites for hydroxylation is 1. The molecule has 88 valence electrons. The molecule has 0 aliphatic heterocycles. The van der Waals surface area contributed by atoms with Gasteiger partial charge in [-0.1, -0.05) is 31.2 Å². The van der Waals surface area contributed by atoms with Crippen LogP contribution in [0, 0.1) is 0 Å². The summed E-state index contributed by atoms with van der Waals surface area (Å²) >= 11 is 0. The van der Waals surface area contributed by atoms with E-state index in [-0.39, 0.29) is 6.04 Å². The minimum atomic E-state index is 0.0181. The van der Waals surface area contributed by atoms with Crippen LogP contribution < -0.4 is 11.3 Å². The highest BCUT2D eigenvalue weighted by molar-refractivity contribution is 5.33. The van der Waals surface area contributed by atoms with Crippen LogP contribution in [0.25, 0.3) is 0 Å². The largest absolute Gasteiger partial charge is 0.271 e. The van der Waals surface area contributed by atoms with Gasteiger partial charge in [0.2, 0.25) is 0 Å². The smallest absolute Gasteiger partial charge is 0.0711 e. The first kappa shape index (κ1) is 11.8. The SMILES string of the molecule is CCc1cccc(C(NN)c2ccncc2)c1. The third-order valence-electron chi connectivity index (χ3n) is 2.90. The van der Waals surface area contributed by atoms with Crippen LogP contribution in [0.2, 0.25) is 0 Å². The summed E-state index contributed by atoms with van der Waals surface area (Å²) in [6.07, 6.45) is 4.59. The zero-order valence-corrected chi connectivity index (χ0v) is 9.93. The zero-order valence-electron chi connectivity index (χ0n) is 9.93. The van der Waals surface area contributed by atoms with Crippen molar-refractivity contribution in [2.45, 2.75) is 19.4 Å². The standard InChI is InChI=1S/C14H17N3/c1-2-11-4-3-5-13(10-11)14(17-15)12-6-8-16-9-7-12/h3-10,14,17H,2,15H2,1H3. The predicted molar refractivity (Wildman–Crippen MR) is 69.2 cm³/mol. The Morgan fingerprint density at radius 2 is 1.94 bits per heavy atom. The fourth-order valence-corrected chi connectivity index (χ4v) is 1.93. The molecule has 0 aliphatic carbocycles. The summed E-state index contributed by atoms with van der Waals surface area (Å²) in [5, 5.41) is 0. The van der Waals surface area contributed by atoms with Crippen LogP contribution in [-0.2, 0) is 6.42 Å². The number of nitrogens with zero attached hydrogens (tertiary/aromatic N) is 1. The Bertz CT molecular complexity index is 468. The second-order valence-corrected chi connectivity index (χ2v) is 3.98. The molecule has 0 spiro atoms. The molecule has 1 heterocycles. The first-order valence-electron chi connectivity index (χ1n) is 5.80. The van der Waals surface area contributed by atoms with E-state index in [0.29, 0.717) is 0 Å². The molecule has 1 unspecified atom stereocenters. The summed E-state index contributed by atoms with van der Waals surface area (Å²) in [5.74, 6) is 5.66. The van der Waals surface area contributed by atoms with Gasteiger partial charge in [-0.25, -0.2) is 5.43 Å². The molecule has 2 aromatic rings. The van der Waals surface area contributed by atoms with E-state index in [4.69, 9.17) is 5.84 Å². The van der Waals surface area contributed by atoms with Gasteiger partial charge in [-0.2, -0.15) is 0 Å². The molecule has 0 bridgehead atoms. The van der Waals surface area contributed by atoms with Gasteiger partial charge in [0.15, 0.2) is 0 Å². The van der Waals surface area contributed by atoms with Crippen LogP contribution in [-0.4, -0.2) is 4.98 Å². The maximum Gasteiger partial charge on any atom is 0.0711 e. The van der Waals surface area contributed by atoms with Crippen LogP contribution in [0.1, 0.15) is 29.7 Å². The molecule has 0 saturated carbocycles. The van der Waals surface area contributed by atoms with Crippen LogP contribution in [0.3, 0.4) is 0 Å². The Labute approximate surface area is 102 Å². The fourth-order valence-electron chi connectivity index (χ4n) is 1.93. The van der Waals surface area contributed by atoms with Gasteiger partial charge in [0, 0.05) is 12.4 Å². The Morgan fingerprint density at radius 3 is 2.59 bits per heavy atom. The first-order chi connectivity index (χ1) is 8.35. The molecule has 0 saturated heterocycles. The fraction of sp³-hybridized carbons (Fsp3) is 0.214. The second-order valence-electron chi connectivity index (χ2n) is 3.98. The zero-order chi connectivity index (χ0) is 12.1. The molecule has 0 radical (unpaired) electrons. The number of pyridine rings is 1. The monoisotopic (exact) mass is 227 g/mol. The van der Waals surface area contributed by atoms with E-state index >= 15 is 0 Å². The van der Waals surface area contributed by atoms with E-state index in [2.05, 4.69) is 41.6 Å². The van der Waals surface area contributed by atoms with Crippen LogP contribution in [0.4, 0.5) is 0 Å². The van der Waals surface area contributed by atoms with Crippen LogP contribution >= 0.6 is 0 Å². The Balaban J connectivity index is 2.35. The van der Waals surface area contributed by atoms with Gasteiger partial charge in [0.1, 0.15) is 0 Å². The molecule has 0 aliphatic rings. The summed E-state index contributed by atoms with van der Waals surface area (Å²) in [7, 11) is 0. The summed E-state index contributed by atoms with van der Waals surface area (Å²) < 4.78 is 0. The van der Waals surface area contributed by atoms with Gasteiger partial charge in [-0.05, 0) is 35.2 Å². The van der Waals surface area contributed by atoms with Crippen molar-refractivity contribution in [3.05, 3.63) is 65.5 Å². The minimum Gasteiger partial charge on any atom is -0.271 e. The van der Waals surface area contributed by atoms with Crippen molar-refractivity contribution in [1.29, 1.82) is 0 Å². The number of nitrogens with two attached hydrogens (primary N) is 1. The molecule has 0 amide bonds. The van der Waals surface area contributed by atoms with E-state index in [9.17, 15) is 0 Å². The lowest BCUT2D eigenvalue weighted by atomic mass is 9.98. The van der Waals surface area contributed by atoms with Gasteiger partial charge in [-0.3, -0.25) is 10.8 Å². The third kappa shape index (κ3) is 2.70. The van der Waals surface area contributed by atoms with E-state index in [1.807, 2.05) is 12.1 Å². The topological polar surface area (TPSA) is 50.9 Å². The highest BCUT2D eigenvalue weighted by atomic mass is 15.2. The number of benzene rings is 1. The number of nitrogens with one attached hydrogen (secondary N) is 1. The number of hydrazine groups is 1. The Hall–Kier alpha value is -1.71. The number of hydrogen-bond acceptors (Lipinski definition) is 3. The van der Waals surface area contributed by atoms with Gasteiger partial charge < -0.3 is 0 Å². The molecule has 3 N–H and O–H groups in total. The van der Waals surface area contributed by atoms with Crippen LogP contribution in [0.15, 0.2) is 48.8 Å². The Kier molecular flexibility index (Phi) is 3.85. The Morgan fingerprint density at radius 1 is 1.18 bits per heavy atom. The molecular formula is C14H17N3. The quantitative estimate of drug-likeness (QED) is 0.622. The number of rotatable bonds is 4. The molecular weight excluding hydrogens is 210 g/mol. The molecule has 0 fully saturated rings. The normalized spacial score (nSPS) is 12.4. The average Bonchev–Trinajstić information content (AvgIpc) is 2.41. The minimum absolute atomic E-state index is 0.0181. The third-order valence-corrected chi connectivity index (χ3v) is 2.90. The average molecular weight is 227 g/mol. The number of aromatic nitrogens is 1. The highest BCUT2D eigenvalue weighted by Crippen LogP contribution is 2.21. The second kappa shape index (κ2) is 5.57. The van der Waals surface area contributed by atoms with Crippen molar-refractivity contribution >= 4 is 0 Å². The predicted octanol–water partition coefficient (Wildman–Crippen LogP) is 2.20. The van der Waals surface area contributed by atoms with E-state index in [1.54, 1.807) is 12.4 Å². The first-order valence-corrected chi connectivity index (χ1v) is 5.80. The van der Waals surface area contributed by atoms with E-state index < -0.39 is 0 Å². The molecule has 17 heavy (non-hydrogen) atoms. The summed E-state index contributed by atoms with van der Waals surface area (Å²) in [4.78, 5) is 4.02. The molecule has 3 nitrogen and oxygen atoms in total. The van der Waals surface area contributed by atoms with Crippen molar-refractivity contribution in [3.63, 3.8) is 0 Å². The maximum absolute atomic E-state index is 5.66. The van der Waals surface area contributed by atoms with Crippen molar-refractivity contribution < 1.29 is 0 Å². The van der Waals surface area contributed by atoms with Gasteiger partial charge in [0.05, 0.1) is 6.04 Å². The summed E-state index contributed by atoms with van der Waals surface area (Å²) in [6.45, 7) is 2.15. The van der Waals surface area contributed by atoms with Crippen molar-refractivity contribution in [3.8, 4) is 0 Å². The molecule has 2 rings (SSSR count). The van der Waals surface area contributed by atoms with Crippen molar-refractivity contribution in [2.24, 2.45) is 5.84 Å². The lowest BCUT2D eigenvalue weighted by molar-refractivity contribution is 0.635. The highest BCUT2D eigenvalue weighted by Gasteiger charge is 2.11. The van der Waals surface area contributed by atoms with Crippen molar-refractivity contribution in [1.82, 2.24) is 10.4 Å². The van der Waals surface area contributed by atoms with Crippen molar-refractivity contribution in [2.75, 3.05) is 0 Å². The van der Waals surface area contributed by atoms with E-state index in [1.165, 1.54) is 11.1 Å². The van der Waals surface area contributed by atoms with Gasteiger partial charge in [0.25, 0.3) is 0 Å². The van der Waals surface area contributed by atoms with Gasteiger partial charge in [-0.15, -0.1) is 0 Å². The summed E-state index contributed by atoms with van der Waals surface area (Å²) in [6, 6.07) is 12.4. The van der Waals surface area contributed by atoms with Gasteiger partial charge >= 0.3 is 0 Å². The summed E-state index contributed by atoms with van der Waals surface area (Å²) in [5.41, 5.74) is 6.47. The number of hydrogen-bond donors (Lipinski definition) is 2. The molecule has 3 heteroatoms. The lowest BCUT2D eigenvalue weighted by Gasteiger charge is -2.17. The maximum atomic E-state index is 5.66.